The summed E-state index contributed by atoms with van der Waals surface area (Å²) in [5, 5.41) is 9.03. The molecule has 2 N–H and O–H groups in total. The van der Waals surface area contributed by atoms with Crippen LogP contribution in [-0.2, 0) is 19.6 Å². The van der Waals surface area contributed by atoms with Crippen molar-refractivity contribution < 1.29 is 0 Å². The Bertz CT molecular complexity index is 716. The molecule has 0 atom stereocenters. The summed E-state index contributed by atoms with van der Waals surface area (Å²) in [7, 11) is 1.83. The van der Waals surface area contributed by atoms with Gasteiger partial charge in [-0.1, -0.05) is 30.7 Å². The molecule has 1 aromatic heterocycles. The molecule has 1 aliphatic rings. The summed E-state index contributed by atoms with van der Waals surface area (Å²) < 4.78 is 0. The van der Waals surface area contributed by atoms with Gasteiger partial charge in [0.15, 0.2) is 5.96 Å². The summed E-state index contributed by atoms with van der Waals surface area (Å²) in [6, 6.07) is 10.9. The highest BCUT2D eigenvalue weighted by atomic mass is 32.1. The van der Waals surface area contributed by atoms with E-state index in [0.717, 1.165) is 25.6 Å². The fraction of sp³-hybridized carbons (Fsp3) is 0.476. The standard InChI is InChI=1S/C21H30N4S/c1-17-10-13-26-20(17)15-24-21(22-2)23-14-18-8-4-5-9-19(18)16-25-11-6-3-7-12-25/h4-5,8-10,13H,3,6-7,11-12,14-16H2,1-2H3,(H2,22,23,24). The van der Waals surface area contributed by atoms with Crippen LogP contribution in [0.4, 0.5) is 0 Å². The van der Waals surface area contributed by atoms with E-state index in [1.54, 1.807) is 11.3 Å². The van der Waals surface area contributed by atoms with E-state index in [9.17, 15) is 0 Å². The molecule has 0 amide bonds. The molecule has 4 nitrogen and oxygen atoms in total. The van der Waals surface area contributed by atoms with Gasteiger partial charge in [-0.05, 0) is 61.0 Å². The predicted octanol–water partition coefficient (Wildman–Crippen LogP) is 3.91. The van der Waals surface area contributed by atoms with Crippen molar-refractivity contribution in [2.45, 2.75) is 45.8 Å². The zero-order valence-corrected chi connectivity index (χ0v) is 16.7. The van der Waals surface area contributed by atoms with Crippen LogP contribution in [0.1, 0.15) is 40.8 Å². The van der Waals surface area contributed by atoms with E-state index in [0.29, 0.717) is 0 Å². The number of hydrogen-bond acceptors (Lipinski definition) is 3. The number of nitrogens with one attached hydrogen (secondary N) is 2. The molecule has 26 heavy (non-hydrogen) atoms. The molecule has 0 bridgehead atoms. The highest BCUT2D eigenvalue weighted by Crippen LogP contribution is 2.16. The highest BCUT2D eigenvalue weighted by Gasteiger charge is 2.12. The number of aryl methyl sites for hydroxylation is 1. The van der Waals surface area contributed by atoms with Crippen molar-refractivity contribution in [3.05, 3.63) is 57.3 Å². The molecule has 140 valence electrons. The number of guanidine groups is 1. The van der Waals surface area contributed by atoms with Gasteiger partial charge in [-0.15, -0.1) is 11.3 Å². The van der Waals surface area contributed by atoms with Crippen molar-refractivity contribution in [2.75, 3.05) is 20.1 Å². The zero-order valence-electron chi connectivity index (χ0n) is 15.9. The number of hydrogen-bond donors (Lipinski definition) is 2. The van der Waals surface area contributed by atoms with Crippen molar-refractivity contribution >= 4 is 17.3 Å². The lowest BCUT2D eigenvalue weighted by atomic mass is 10.0. The Morgan fingerprint density at radius 3 is 2.46 bits per heavy atom. The fourth-order valence-electron chi connectivity index (χ4n) is 3.39. The van der Waals surface area contributed by atoms with E-state index in [2.05, 4.69) is 63.2 Å². The second-order valence-electron chi connectivity index (χ2n) is 6.91. The summed E-state index contributed by atoms with van der Waals surface area (Å²) in [4.78, 5) is 8.30. The molecule has 1 aromatic carbocycles. The summed E-state index contributed by atoms with van der Waals surface area (Å²) in [5.41, 5.74) is 4.12. The first-order valence-corrected chi connectivity index (χ1v) is 10.4. The van der Waals surface area contributed by atoms with Gasteiger partial charge in [-0.3, -0.25) is 9.89 Å². The van der Waals surface area contributed by atoms with Crippen molar-refractivity contribution in [3.8, 4) is 0 Å². The number of thiophene rings is 1. The maximum Gasteiger partial charge on any atom is 0.191 e. The average Bonchev–Trinajstić information content (AvgIpc) is 3.09. The van der Waals surface area contributed by atoms with Crippen molar-refractivity contribution in [3.63, 3.8) is 0 Å². The molecular weight excluding hydrogens is 340 g/mol. The van der Waals surface area contributed by atoms with Gasteiger partial charge in [0.2, 0.25) is 0 Å². The summed E-state index contributed by atoms with van der Waals surface area (Å²) in [6.45, 7) is 7.28. The number of piperidine rings is 1. The SMILES string of the molecule is CN=C(NCc1ccccc1CN1CCCCC1)NCc1sccc1C. The first-order chi connectivity index (χ1) is 12.8. The maximum atomic E-state index is 4.37. The predicted molar refractivity (Wildman–Crippen MR) is 112 cm³/mol. The van der Waals surface area contributed by atoms with E-state index < -0.39 is 0 Å². The van der Waals surface area contributed by atoms with E-state index >= 15 is 0 Å². The average molecular weight is 371 g/mol. The summed E-state index contributed by atoms with van der Waals surface area (Å²) in [6.07, 6.45) is 4.05. The van der Waals surface area contributed by atoms with Gasteiger partial charge in [0.1, 0.15) is 0 Å². The van der Waals surface area contributed by atoms with Gasteiger partial charge in [0, 0.05) is 25.0 Å². The molecule has 5 heteroatoms. The van der Waals surface area contributed by atoms with Crippen LogP contribution >= 0.6 is 11.3 Å². The quantitative estimate of drug-likeness (QED) is 0.598. The molecule has 1 aliphatic heterocycles. The molecule has 0 radical (unpaired) electrons. The van der Waals surface area contributed by atoms with Crippen LogP contribution in [0.15, 0.2) is 40.7 Å². The Morgan fingerprint density at radius 2 is 1.77 bits per heavy atom. The molecule has 1 saturated heterocycles. The van der Waals surface area contributed by atoms with Crippen molar-refractivity contribution in [1.29, 1.82) is 0 Å². The number of benzene rings is 1. The van der Waals surface area contributed by atoms with E-state index in [1.165, 1.54) is 53.9 Å². The molecule has 3 rings (SSSR count). The summed E-state index contributed by atoms with van der Waals surface area (Å²) >= 11 is 1.79. The third-order valence-corrected chi connectivity index (χ3v) is 6.04. The van der Waals surface area contributed by atoms with Crippen LogP contribution in [0, 0.1) is 6.92 Å². The van der Waals surface area contributed by atoms with Gasteiger partial charge in [-0.2, -0.15) is 0 Å². The Hall–Kier alpha value is -1.85. The van der Waals surface area contributed by atoms with E-state index in [-0.39, 0.29) is 0 Å². The minimum Gasteiger partial charge on any atom is -0.352 e. The van der Waals surface area contributed by atoms with Crippen molar-refractivity contribution in [2.24, 2.45) is 4.99 Å². The lowest BCUT2D eigenvalue weighted by Crippen LogP contribution is -2.36. The van der Waals surface area contributed by atoms with Gasteiger partial charge in [0.25, 0.3) is 0 Å². The van der Waals surface area contributed by atoms with Gasteiger partial charge in [0.05, 0.1) is 6.54 Å². The van der Waals surface area contributed by atoms with Gasteiger partial charge in [-0.25, -0.2) is 0 Å². The molecule has 2 aromatic rings. The highest BCUT2D eigenvalue weighted by molar-refractivity contribution is 7.10. The molecular formula is C21H30N4S. The first kappa shape index (κ1) is 18.9. The molecule has 0 unspecified atom stereocenters. The third-order valence-electron chi connectivity index (χ3n) is 5.02. The number of aliphatic imine (C=N–C) groups is 1. The maximum absolute atomic E-state index is 4.37. The van der Waals surface area contributed by atoms with E-state index in [4.69, 9.17) is 0 Å². The zero-order chi connectivity index (χ0) is 18.2. The van der Waals surface area contributed by atoms with E-state index in [1.807, 2.05) is 7.05 Å². The lowest BCUT2D eigenvalue weighted by molar-refractivity contribution is 0.220. The topological polar surface area (TPSA) is 39.7 Å². The second-order valence-corrected chi connectivity index (χ2v) is 7.91. The van der Waals surface area contributed by atoms with Crippen LogP contribution in [0.25, 0.3) is 0 Å². The van der Waals surface area contributed by atoms with Crippen LogP contribution in [0.3, 0.4) is 0 Å². The molecule has 0 spiro atoms. The molecule has 0 aliphatic carbocycles. The smallest absolute Gasteiger partial charge is 0.191 e. The Kier molecular flexibility index (Phi) is 7.09. The summed E-state index contributed by atoms with van der Waals surface area (Å²) in [5.74, 6) is 0.852. The Balaban J connectivity index is 1.55. The number of likely N-dealkylation sites (tertiary alicyclic amines) is 1. The van der Waals surface area contributed by atoms with Gasteiger partial charge >= 0.3 is 0 Å². The number of rotatable bonds is 6. The minimum atomic E-state index is 0.799. The minimum absolute atomic E-state index is 0.799. The second kappa shape index (κ2) is 9.74. The molecule has 0 saturated carbocycles. The fourth-order valence-corrected chi connectivity index (χ4v) is 4.24. The normalized spacial score (nSPS) is 15.8. The van der Waals surface area contributed by atoms with Crippen molar-refractivity contribution in [1.82, 2.24) is 15.5 Å². The third kappa shape index (κ3) is 5.32. The van der Waals surface area contributed by atoms with Crippen LogP contribution in [-0.4, -0.2) is 31.0 Å². The Morgan fingerprint density at radius 1 is 1.04 bits per heavy atom. The van der Waals surface area contributed by atoms with Crippen LogP contribution < -0.4 is 10.6 Å². The largest absolute Gasteiger partial charge is 0.352 e. The first-order valence-electron chi connectivity index (χ1n) is 9.53. The van der Waals surface area contributed by atoms with Crippen LogP contribution in [0.5, 0.6) is 0 Å². The molecule has 2 heterocycles. The molecule has 1 fully saturated rings. The monoisotopic (exact) mass is 370 g/mol. The number of nitrogens with zero attached hydrogens (tertiary/aromatic N) is 2. The van der Waals surface area contributed by atoms with Gasteiger partial charge < -0.3 is 10.6 Å². The Labute approximate surface area is 161 Å². The van der Waals surface area contributed by atoms with Crippen LogP contribution in [0.2, 0.25) is 0 Å². The lowest BCUT2D eigenvalue weighted by Gasteiger charge is -2.27.